The van der Waals surface area contributed by atoms with Crippen LogP contribution in [0, 0.1) is 0 Å². The monoisotopic (exact) mass is 311 g/mol. The SMILES string of the molecule is COc1ccc(OC)c(/C=C/C(=O)N(C)Cc2ccccc2)c1. The van der Waals surface area contributed by atoms with E-state index in [0.717, 1.165) is 16.9 Å². The maximum atomic E-state index is 12.2. The first kappa shape index (κ1) is 16.6. The average Bonchev–Trinajstić information content (AvgIpc) is 2.60. The topological polar surface area (TPSA) is 38.8 Å². The van der Waals surface area contributed by atoms with Gasteiger partial charge < -0.3 is 14.4 Å². The number of ether oxygens (including phenoxy) is 2. The Balaban J connectivity index is 2.08. The number of rotatable bonds is 6. The second kappa shape index (κ2) is 8.03. The van der Waals surface area contributed by atoms with Gasteiger partial charge in [0.2, 0.25) is 5.91 Å². The summed E-state index contributed by atoms with van der Waals surface area (Å²) in [4.78, 5) is 13.9. The predicted molar refractivity (Wildman–Crippen MR) is 91.5 cm³/mol. The van der Waals surface area contributed by atoms with Crippen molar-refractivity contribution in [1.29, 1.82) is 0 Å². The van der Waals surface area contributed by atoms with E-state index in [2.05, 4.69) is 0 Å². The molecule has 1 amide bonds. The Morgan fingerprint density at radius 3 is 2.48 bits per heavy atom. The molecule has 4 heteroatoms. The third-order valence-corrected chi connectivity index (χ3v) is 3.48. The van der Waals surface area contributed by atoms with Crippen molar-refractivity contribution in [2.45, 2.75) is 6.54 Å². The highest BCUT2D eigenvalue weighted by atomic mass is 16.5. The molecule has 0 spiro atoms. The zero-order chi connectivity index (χ0) is 16.7. The highest BCUT2D eigenvalue weighted by Gasteiger charge is 2.07. The normalized spacial score (nSPS) is 10.6. The summed E-state index contributed by atoms with van der Waals surface area (Å²) < 4.78 is 10.5. The van der Waals surface area contributed by atoms with E-state index in [4.69, 9.17) is 9.47 Å². The lowest BCUT2D eigenvalue weighted by atomic mass is 10.1. The lowest BCUT2D eigenvalue weighted by Gasteiger charge is -2.15. The minimum atomic E-state index is -0.0706. The quantitative estimate of drug-likeness (QED) is 0.768. The van der Waals surface area contributed by atoms with Gasteiger partial charge in [0.1, 0.15) is 11.5 Å². The number of benzene rings is 2. The van der Waals surface area contributed by atoms with Gasteiger partial charge >= 0.3 is 0 Å². The zero-order valence-corrected chi connectivity index (χ0v) is 13.7. The summed E-state index contributed by atoms with van der Waals surface area (Å²) in [5.41, 5.74) is 1.89. The average molecular weight is 311 g/mol. The molecule has 4 nitrogen and oxygen atoms in total. The number of carbonyl (C=O) groups is 1. The summed E-state index contributed by atoms with van der Waals surface area (Å²) in [6, 6.07) is 15.3. The third kappa shape index (κ3) is 4.61. The first-order valence-corrected chi connectivity index (χ1v) is 7.33. The van der Waals surface area contributed by atoms with Crippen molar-refractivity contribution in [3.63, 3.8) is 0 Å². The molecule has 0 heterocycles. The largest absolute Gasteiger partial charge is 0.497 e. The molecule has 0 aromatic heterocycles. The summed E-state index contributed by atoms with van der Waals surface area (Å²) in [7, 11) is 4.99. The third-order valence-electron chi connectivity index (χ3n) is 3.48. The minimum Gasteiger partial charge on any atom is -0.497 e. The number of hydrogen-bond acceptors (Lipinski definition) is 3. The Morgan fingerprint density at radius 1 is 1.09 bits per heavy atom. The van der Waals surface area contributed by atoms with Gasteiger partial charge in [0.25, 0.3) is 0 Å². The van der Waals surface area contributed by atoms with E-state index in [-0.39, 0.29) is 5.91 Å². The van der Waals surface area contributed by atoms with Crippen LogP contribution in [0.4, 0.5) is 0 Å². The van der Waals surface area contributed by atoms with Gasteiger partial charge in [-0.2, -0.15) is 0 Å². The van der Waals surface area contributed by atoms with Crippen molar-refractivity contribution in [3.05, 3.63) is 65.7 Å². The molecule has 2 aromatic rings. The Morgan fingerprint density at radius 2 is 1.83 bits per heavy atom. The van der Waals surface area contributed by atoms with Crippen molar-refractivity contribution in [2.75, 3.05) is 21.3 Å². The summed E-state index contributed by atoms with van der Waals surface area (Å²) in [6.07, 6.45) is 3.28. The van der Waals surface area contributed by atoms with Crippen LogP contribution in [0.1, 0.15) is 11.1 Å². The predicted octanol–water partition coefficient (Wildman–Crippen LogP) is 3.38. The second-order valence-corrected chi connectivity index (χ2v) is 5.12. The van der Waals surface area contributed by atoms with Crippen LogP contribution < -0.4 is 9.47 Å². The van der Waals surface area contributed by atoms with Crippen molar-refractivity contribution >= 4 is 12.0 Å². The Kier molecular flexibility index (Phi) is 5.80. The smallest absolute Gasteiger partial charge is 0.246 e. The first-order valence-electron chi connectivity index (χ1n) is 7.33. The fourth-order valence-corrected chi connectivity index (χ4v) is 2.19. The van der Waals surface area contributed by atoms with E-state index < -0.39 is 0 Å². The molecular formula is C19H21NO3. The number of carbonyl (C=O) groups excluding carboxylic acids is 1. The molecule has 0 atom stereocenters. The molecule has 2 rings (SSSR count). The van der Waals surface area contributed by atoms with E-state index >= 15 is 0 Å². The fraction of sp³-hybridized carbons (Fsp3) is 0.211. The molecule has 23 heavy (non-hydrogen) atoms. The lowest BCUT2D eigenvalue weighted by molar-refractivity contribution is -0.125. The number of hydrogen-bond donors (Lipinski definition) is 0. The molecule has 0 aliphatic carbocycles. The van der Waals surface area contributed by atoms with Crippen molar-refractivity contribution < 1.29 is 14.3 Å². The summed E-state index contributed by atoms with van der Waals surface area (Å²) in [5.74, 6) is 1.34. The van der Waals surface area contributed by atoms with E-state index in [1.165, 1.54) is 0 Å². The van der Waals surface area contributed by atoms with Gasteiger partial charge in [0.05, 0.1) is 14.2 Å². The maximum Gasteiger partial charge on any atom is 0.246 e. The molecule has 0 fully saturated rings. The van der Waals surface area contributed by atoms with Crippen LogP contribution >= 0.6 is 0 Å². The van der Waals surface area contributed by atoms with Crippen LogP contribution in [-0.2, 0) is 11.3 Å². The molecule has 0 N–H and O–H groups in total. The highest BCUT2D eigenvalue weighted by molar-refractivity contribution is 5.92. The van der Waals surface area contributed by atoms with Gasteiger partial charge in [-0.25, -0.2) is 0 Å². The van der Waals surface area contributed by atoms with Crippen LogP contribution in [0.2, 0.25) is 0 Å². The van der Waals surface area contributed by atoms with Gasteiger partial charge in [0, 0.05) is 25.2 Å². The number of methoxy groups -OCH3 is 2. The van der Waals surface area contributed by atoms with Crippen LogP contribution in [0.25, 0.3) is 6.08 Å². The van der Waals surface area contributed by atoms with Crippen molar-refractivity contribution in [3.8, 4) is 11.5 Å². The maximum absolute atomic E-state index is 12.2. The minimum absolute atomic E-state index is 0.0706. The van der Waals surface area contributed by atoms with Crippen molar-refractivity contribution in [1.82, 2.24) is 4.90 Å². The van der Waals surface area contributed by atoms with E-state index in [1.807, 2.05) is 48.5 Å². The Bertz CT molecular complexity index is 680. The van der Waals surface area contributed by atoms with Gasteiger partial charge in [0.15, 0.2) is 0 Å². The van der Waals surface area contributed by atoms with Gasteiger partial charge in [-0.15, -0.1) is 0 Å². The van der Waals surface area contributed by atoms with Gasteiger partial charge in [-0.3, -0.25) is 4.79 Å². The molecule has 2 aromatic carbocycles. The number of likely N-dealkylation sites (N-methyl/N-ethyl adjacent to an activating group) is 1. The van der Waals surface area contributed by atoms with Gasteiger partial charge in [-0.1, -0.05) is 30.3 Å². The molecule has 0 aliphatic heterocycles. The molecule has 0 saturated heterocycles. The standard InChI is InChI=1S/C19H21NO3/c1-20(14-15-7-5-4-6-8-15)19(21)12-9-16-13-17(22-2)10-11-18(16)23-3/h4-13H,14H2,1-3H3/b12-9+. The molecule has 0 saturated carbocycles. The number of nitrogens with zero attached hydrogens (tertiary/aromatic N) is 1. The number of amides is 1. The molecule has 0 bridgehead atoms. The summed E-state index contributed by atoms with van der Waals surface area (Å²) in [6.45, 7) is 0.569. The Labute approximate surface area is 137 Å². The Hall–Kier alpha value is -2.75. The molecule has 0 radical (unpaired) electrons. The molecule has 0 aliphatic rings. The first-order chi connectivity index (χ1) is 11.1. The second-order valence-electron chi connectivity index (χ2n) is 5.12. The molecule has 120 valence electrons. The zero-order valence-electron chi connectivity index (χ0n) is 13.7. The molecular weight excluding hydrogens is 290 g/mol. The van der Waals surface area contributed by atoms with Gasteiger partial charge in [-0.05, 0) is 29.8 Å². The van der Waals surface area contributed by atoms with Crippen molar-refractivity contribution in [2.24, 2.45) is 0 Å². The van der Waals surface area contributed by atoms with Crippen LogP contribution in [-0.4, -0.2) is 32.1 Å². The summed E-state index contributed by atoms with van der Waals surface area (Å²) >= 11 is 0. The van der Waals surface area contributed by atoms with E-state index in [1.54, 1.807) is 38.3 Å². The summed E-state index contributed by atoms with van der Waals surface area (Å²) in [5, 5.41) is 0. The van der Waals surface area contributed by atoms with Crippen LogP contribution in [0.15, 0.2) is 54.6 Å². The highest BCUT2D eigenvalue weighted by Crippen LogP contribution is 2.25. The fourth-order valence-electron chi connectivity index (χ4n) is 2.19. The van der Waals surface area contributed by atoms with Crippen LogP contribution in [0.5, 0.6) is 11.5 Å². The molecule has 0 unspecified atom stereocenters. The van der Waals surface area contributed by atoms with Crippen LogP contribution in [0.3, 0.4) is 0 Å². The van der Waals surface area contributed by atoms with E-state index in [0.29, 0.717) is 12.3 Å². The lowest BCUT2D eigenvalue weighted by Crippen LogP contribution is -2.24. The van der Waals surface area contributed by atoms with E-state index in [9.17, 15) is 4.79 Å².